The first-order valence-corrected chi connectivity index (χ1v) is 12.8. The first kappa shape index (κ1) is 25.2. The summed E-state index contributed by atoms with van der Waals surface area (Å²) in [6, 6.07) is 21.7. The molecule has 1 aliphatic rings. The topological polar surface area (TPSA) is 132 Å². The third-order valence-corrected chi connectivity index (χ3v) is 6.91. The molecule has 0 saturated carbocycles. The highest BCUT2D eigenvalue weighted by Crippen LogP contribution is 2.32. The number of hydrogen-bond donors (Lipinski definition) is 4. The normalized spacial score (nSPS) is 15.3. The largest absolute Gasteiger partial charge is 0.508 e. The SMILES string of the molecule is NCCCC[C@@H]1N=C(c2ccc3ccccc3c2)c2[nH]c(C(=O)O)cc2N(CCc2ccc(O)cc2)C1=O. The number of phenolic OH excluding ortho intramolecular Hbond substituents is 1. The molecule has 5 rings (SSSR count). The lowest BCUT2D eigenvalue weighted by Gasteiger charge is -2.24. The number of nitrogens with one attached hydrogen (secondary N) is 1. The Kier molecular flexibility index (Phi) is 7.24. The molecule has 5 N–H and O–H groups in total. The van der Waals surface area contributed by atoms with Crippen molar-refractivity contribution < 1.29 is 19.8 Å². The highest BCUT2D eigenvalue weighted by Gasteiger charge is 2.34. The Balaban J connectivity index is 1.61. The number of H-pyrrole nitrogens is 1. The fraction of sp³-hybridized carbons (Fsp3) is 0.233. The molecule has 1 aromatic heterocycles. The number of fused-ring (bicyclic) bond motifs is 2. The minimum Gasteiger partial charge on any atom is -0.508 e. The van der Waals surface area contributed by atoms with Crippen LogP contribution in [0.5, 0.6) is 5.75 Å². The average molecular weight is 511 g/mol. The minimum atomic E-state index is -1.11. The van der Waals surface area contributed by atoms with Crippen LogP contribution in [0.2, 0.25) is 0 Å². The van der Waals surface area contributed by atoms with Gasteiger partial charge in [-0.3, -0.25) is 9.79 Å². The molecule has 0 saturated heterocycles. The van der Waals surface area contributed by atoms with Crippen molar-refractivity contribution >= 4 is 34.0 Å². The van der Waals surface area contributed by atoms with E-state index in [-0.39, 0.29) is 17.4 Å². The molecule has 0 fully saturated rings. The fourth-order valence-electron chi connectivity index (χ4n) is 4.89. The van der Waals surface area contributed by atoms with Crippen molar-refractivity contribution in [2.45, 2.75) is 31.7 Å². The van der Waals surface area contributed by atoms with Gasteiger partial charge in [0.25, 0.3) is 5.91 Å². The summed E-state index contributed by atoms with van der Waals surface area (Å²) in [6.07, 6.45) is 2.60. The predicted octanol–water partition coefficient (Wildman–Crippen LogP) is 4.50. The lowest BCUT2D eigenvalue weighted by molar-refractivity contribution is -0.119. The standard InChI is InChI=1S/C30H30N4O4/c31-15-4-3-7-24-29(36)34(16-14-19-8-12-23(35)13-9-19)26-18-25(30(37)38)33-28(26)27(32-24)22-11-10-20-5-1-2-6-21(20)17-22/h1-2,5-6,8-13,17-18,24,33,35H,3-4,7,14-16,31H2,(H,37,38)/t24-/m0/s1. The number of anilines is 1. The number of carbonyl (C=O) groups is 2. The number of nitrogens with two attached hydrogens (primary N) is 1. The first-order chi connectivity index (χ1) is 18.4. The highest BCUT2D eigenvalue weighted by molar-refractivity contribution is 6.20. The van der Waals surface area contributed by atoms with Crippen LogP contribution < -0.4 is 10.6 Å². The van der Waals surface area contributed by atoms with Gasteiger partial charge in [-0.2, -0.15) is 0 Å². The van der Waals surface area contributed by atoms with Crippen molar-refractivity contribution in [2.24, 2.45) is 10.7 Å². The second kappa shape index (κ2) is 10.9. The summed E-state index contributed by atoms with van der Waals surface area (Å²) in [4.78, 5) is 35.5. The van der Waals surface area contributed by atoms with Crippen LogP contribution in [-0.2, 0) is 11.2 Å². The van der Waals surface area contributed by atoms with E-state index in [2.05, 4.69) is 4.98 Å². The molecule has 4 aromatic rings. The summed E-state index contributed by atoms with van der Waals surface area (Å²) in [5.41, 5.74) is 9.05. The Hall–Kier alpha value is -4.43. The Labute approximate surface area is 220 Å². The Bertz CT molecular complexity index is 1510. The van der Waals surface area contributed by atoms with Crippen LogP contribution in [-0.4, -0.2) is 51.9 Å². The molecule has 1 atom stereocenters. The summed E-state index contributed by atoms with van der Waals surface area (Å²) < 4.78 is 0. The molecular weight excluding hydrogens is 480 g/mol. The van der Waals surface area contributed by atoms with Crippen LogP contribution >= 0.6 is 0 Å². The molecule has 8 nitrogen and oxygen atoms in total. The molecule has 0 unspecified atom stereocenters. The van der Waals surface area contributed by atoms with Crippen LogP contribution in [0.1, 0.15) is 46.6 Å². The van der Waals surface area contributed by atoms with Gasteiger partial charge in [0.1, 0.15) is 17.5 Å². The Morgan fingerprint density at radius 3 is 2.50 bits per heavy atom. The van der Waals surface area contributed by atoms with Gasteiger partial charge in [-0.25, -0.2) is 4.79 Å². The van der Waals surface area contributed by atoms with Gasteiger partial charge in [0.15, 0.2) is 0 Å². The number of carbonyl (C=O) groups excluding carboxylic acids is 1. The van der Waals surface area contributed by atoms with Crippen LogP contribution in [0.3, 0.4) is 0 Å². The summed E-state index contributed by atoms with van der Waals surface area (Å²) >= 11 is 0. The number of aromatic carboxylic acids is 1. The number of phenols is 1. The maximum absolute atomic E-state index is 13.9. The van der Waals surface area contributed by atoms with Crippen LogP contribution in [0.4, 0.5) is 5.69 Å². The number of benzene rings is 3. The average Bonchev–Trinajstić information content (AvgIpc) is 3.33. The number of aromatic amines is 1. The maximum Gasteiger partial charge on any atom is 0.352 e. The first-order valence-electron chi connectivity index (χ1n) is 12.8. The van der Waals surface area contributed by atoms with E-state index in [1.165, 1.54) is 6.07 Å². The smallest absolute Gasteiger partial charge is 0.352 e. The molecule has 0 aliphatic carbocycles. The van der Waals surface area contributed by atoms with Crippen LogP contribution in [0.15, 0.2) is 77.8 Å². The van der Waals surface area contributed by atoms with Gasteiger partial charge < -0.3 is 25.8 Å². The second-order valence-corrected chi connectivity index (χ2v) is 9.49. The molecule has 0 spiro atoms. The highest BCUT2D eigenvalue weighted by atomic mass is 16.4. The van der Waals surface area contributed by atoms with E-state index in [1.54, 1.807) is 17.0 Å². The molecule has 194 valence electrons. The Morgan fingerprint density at radius 1 is 1.00 bits per heavy atom. The van der Waals surface area contributed by atoms with Gasteiger partial charge in [0.2, 0.25) is 0 Å². The molecular formula is C30H30N4O4. The van der Waals surface area contributed by atoms with E-state index in [4.69, 9.17) is 10.7 Å². The molecule has 8 heteroatoms. The number of rotatable bonds is 9. The van der Waals surface area contributed by atoms with Crippen molar-refractivity contribution in [3.63, 3.8) is 0 Å². The van der Waals surface area contributed by atoms with Gasteiger partial charge in [-0.05, 0) is 72.8 Å². The third kappa shape index (κ3) is 5.17. The van der Waals surface area contributed by atoms with E-state index < -0.39 is 12.0 Å². The molecule has 1 aliphatic heterocycles. The molecule has 2 heterocycles. The number of carboxylic acids is 1. The number of aromatic hydroxyl groups is 1. The third-order valence-electron chi connectivity index (χ3n) is 6.91. The van der Waals surface area contributed by atoms with Crippen molar-refractivity contribution in [3.8, 4) is 5.75 Å². The number of nitrogens with zero attached hydrogens (tertiary/aromatic N) is 2. The van der Waals surface area contributed by atoms with Crippen LogP contribution in [0, 0.1) is 0 Å². The predicted molar refractivity (Wildman–Crippen MR) is 148 cm³/mol. The molecule has 0 radical (unpaired) electrons. The zero-order valence-corrected chi connectivity index (χ0v) is 20.9. The van der Waals surface area contributed by atoms with Gasteiger partial charge >= 0.3 is 5.97 Å². The van der Waals surface area contributed by atoms with Crippen molar-refractivity contribution in [1.82, 2.24) is 4.98 Å². The van der Waals surface area contributed by atoms with Gasteiger partial charge in [0, 0.05) is 12.1 Å². The summed E-state index contributed by atoms with van der Waals surface area (Å²) in [5.74, 6) is -1.11. The number of unbranched alkanes of at least 4 members (excludes halogenated alkanes) is 1. The lowest BCUT2D eigenvalue weighted by Crippen LogP contribution is -2.39. The Morgan fingerprint density at radius 2 is 1.76 bits per heavy atom. The second-order valence-electron chi connectivity index (χ2n) is 9.49. The van der Waals surface area contributed by atoms with Gasteiger partial charge in [-0.15, -0.1) is 0 Å². The number of amides is 1. The summed E-state index contributed by atoms with van der Waals surface area (Å²) in [7, 11) is 0. The number of carboxylic acid groups (broad SMARTS) is 1. The van der Waals surface area contributed by atoms with Crippen molar-refractivity contribution in [3.05, 3.63) is 95.3 Å². The number of aromatic nitrogens is 1. The molecule has 38 heavy (non-hydrogen) atoms. The van der Waals surface area contributed by atoms with Crippen molar-refractivity contribution in [1.29, 1.82) is 0 Å². The van der Waals surface area contributed by atoms with Gasteiger partial charge in [-0.1, -0.05) is 48.5 Å². The number of hydrogen-bond acceptors (Lipinski definition) is 5. The van der Waals surface area contributed by atoms with E-state index in [0.717, 1.165) is 34.7 Å². The quantitative estimate of drug-likeness (QED) is 0.246. The minimum absolute atomic E-state index is 0.00694. The molecule has 0 bridgehead atoms. The van der Waals surface area contributed by atoms with Gasteiger partial charge in [0.05, 0.1) is 17.1 Å². The fourth-order valence-corrected chi connectivity index (χ4v) is 4.89. The number of aliphatic imine (C=N–C) groups is 1. The van der Waals surface area contributed by atoms with E-state index >= 15 is 0 Å². The zero-order valence-electron chi connectivity index (χ0n) is 20.9. The van der Waals surface area contributed by atoms with E-state index in [1.807, 2.05) is 54.6 Å². The molecule has 3 aromatic carbocycles. The summed E-state index contributed by atoms with van der Waals surface area (Å²) in [6.45, 7) is 0.870. The van der Waals surface area contributed by atoms with E-state index in [9.17, 15) is 19.8 Å². The van der Waals surface area contributed by atoms with Crippen molar-refractivity contribution in [2.75, 3.05) is 18.0 Å². The summed E-state index contributed by atoms with van der Waals surface area (Å²) in [5, 5.41) is 21.5. The lowest BCUT2D eigenvalue weighted by atomic mass is 10.0. The van der Waals surface area contributed by atoms with Crippen LogP contribution in [0.25, 0.3) is 10.8 Å². The van der Waals surface area contributed by atoms with E-state index in [0.29, 0.717) is 43.0 Å². The molecule has 1 amide bonds. The zero-order chi connectivity index (χ0) is 26.6. The maximum atomic E-state index is 13.9. The monoisotopic (exact) mass is 510 g/mol.